The molecule has 1 atom stereocenters. The number of rotatable bonds is 8. The zero-order valence-electron chi connectivity index (χ0n) is 11.1. The van der Waals surface area contributed by atoms with Crippen LogP contribution in [0.1, 0.15) is 25.8 Å². The van der Waals surface area contributed by atoms with E-state index in [4.69, 9.17) is 0 Å². The van der Waals surface area contributed by atoms with E-state index in [0.29, 0.717) is 13.0 Å². The van der Waals surface area contributed by atoms with Gasteiger partial charge in [-0.1, -0.05) is 44.2 Å². The van der Waals surface area contributed by atoms with E-state index >= 15 is 0 Å². The van der Waals surface area contributed by atoms with Gasteiger partial charge in [0, 0.05) is 13.1 Å². The van der Waals surface area contributed by atoms with Gasteiger partial charge >= 0.3 is 5.97 Å². The monoisotopic (exact) mass is 250 g/mol. The number of aliphatic carboxylic acids is 1. The molecule has 1 rings (SSSR count). The second-order valence-electron chi connectivity index (χ2n) is 4.24. The van der Waals surface area contributed by atoms with Gasteiger partial charge in [-0.05, 0) is 18.4 Å². The molecule has 0 saturated carbocycles. The third kappa shape index (κ3) is 4.47. The molecule has 4 heteroatoms. The van der Waals surface area contributed by atoms with Crippen molar-refractivity contribution in [1.82, 2.24) is 10.4 Å². The first-order valence-electron chi connectivity index (χ1n) is 6.45. The van der Waals surface area contributed by atoms with Crippen LogP contribution in [-0.4, -0.2) is 35.2 Å². The summed E-state index contributed by atoms with van der Waals surface area (Å²) >= 11 is 0. The molecule has 0 aromatic heterocycles. The molecule has 0 unspecified atom stereocenters. The van der Waals surface area contributed by atoms with Crippen molar-refractivity contribution in [2.45, 2.75) is 32.7 Å². The van der Waals surface area contributed by atoms with Crippen LogP contribution in [0.3, 0.4) is 0 Å². The molecule has 0 saturated heterocycles. The lowest BCUT2D eigenvalue weighted by Gasteiger charge is -2.28. The van der Waals surface area contributed by atoms with E-state index in [1.54, 1.807) is 5.01 Å². The molecule has 0 bridgehead atoms. The van der Waals surface area contributed by atoms with Crippen LogP contribution in [0, 0.1) is 0 Å². The van der Waals surface area contributed by atoms with E-state index in [-0.39, 0.29) is 0 Å². The normalized spacial score (nSPS) is 12.6. The van der Waals surface area contributed by atoms with Gasteiger partial charge < -0.3 is 5.11 Å². The van der Waals surface area contributed by atoms with Gasteiger partial charge in [-0.2, -0.15) is 0 Å². The predicted molar refractivity (Wildman–Crippen MR) is 72.2 cm³/mol. The highest BCUT2D eigenvalue weighted by molar-refractivity contribution is 5.73. The lowest BCUT2D eigenvalue weighted by molar-refractivity contribution is -0.144. The van der Waals surface area contributed by atoms with Gasteiger partial charge in [-0.3, -0.25) is 10.2 Å². The first-order chi connectivity index (χ1) is 8.69. The summed E-state index contributed by atoms with van der Waals surface area (Å²) in [6.45, 7) is 5.49. The number of benzene rings is 1. The SMILES string of the molecule is CCCNN(CC)[C@@H](Cc1ccccc1)C(=O)O. The molecule has 18 heavy (non-hydrogen) atoms. The Morgan fingerprint density at radius 1 is 1.33 bits per heavy atom. The number of hydrogen-bond donors (Lipinski definition) is 2. The number of nitrogens with zero attached hydrogens (tertiary/aromatic N) is 1. The van der Waals surface area contributed by atoms with Crippen LogP contribution in [0.15, 0.2) is 30.3 Å². The lowest BCUT2D eigenvalue weighted by Crippen LogP contribution is -2.50. The third-order valence-electron chi connectivity index (χ3n) is 2.84. The number of carbonyl (C=O) groups is 1. The van der Waals surface area contributed by atoms with E-state index in [1.165, 1.54) is 0 Å². The van der Waals surface area contributed by atoms with Crippen LogP contribution in [0.5, 0.6) is 0 Å². The summed E-state index contributed by atoms with van der Waals surface area (Å²) in [5.41, 5.74) is 4.22. The maximum absolute atomic E-state index is 11.4. The van der Waals surface area contributed by atoms with Crippen molar-refractivity contribution in [2.24, 2.45) is 0 Å². The molecule has 0 heterocycles. The summed E-state index contributed by atoms with van der Waals surface area (Å²) in [6.07, 6.45) is 1.49. The zero-order chi connectivity index (χ0) is 13.4. The number of carboxylic acids is 1. The molecule has 0 aliphatic rings. The van der Waals surface area contributed by atoms with Crippen molar-refractivity contribution >= 4 is 5.97 Å². The molecule has 1 aromatic rings. The highest BCUT2D eigenvalue weighted by Gasteiger charge is 2.24. The van der Waals surface area contributed by atoms with Crippen LogP contribution in [0.25, 0.3) is 0 Å². The number of likely N-dealkylation sites (N-methyl/N-ethyl adjacent to an activating group) is 1. The van der Waals surface area contributed by atoms with Crippen molar-refractivity contribution in [2.75, 3.05) is 13.1 Å². The minimum Gasteiger partial charge on any atom is -0.480 e. The van der Waals surface area contributed by atoms with Crippen LogP contribution in [0.2, 0.25) is 0 Å². The standard InChI is InChI=1S/C14H22N2O2/c1-3-10-15-16(4-2)13(14(17)18)11-12-8-6-5-7-9-12/h5-9,13,15H,3-4,10-11H2,1-2H3,(H,17,18)/t13-/m0/s1. The molecule has 0 aliphatic heterocycles. The largest absolute Gasteiger partial charge is 0.480 e. The Morgan fingerprint density at radius 3 is 2.50 bits per heavy atom. The highest BCUT2D eigenvalue weighted by Crippen LogP contribution is 2.08. The van der Waals surface area contributed by atoms with Crippen molar-refractivity contribution in [3.8, 4) is 0 Å². The maximum atomic E-state index is 11.4. The van der Waals surface area contributed by atoms with Crippen LogP contribution in [-0.2, 0) is 11.2 Å². The summed E-state index contributed by atoms with van der Waals surface area (Å²) in [7, 11) is 0. The van der Waals surface area contributed by atoms with Gasteiger partial charge in [0.05, 0.1) is 0 Å². The highest BCUT2D eigenvalue weighted by atomic mass is 16.4. The summed E-state index contributed by atoms with van der Waals surface area (Å²) in [5.74, 6) is -0.788. The average Bonchev–Trinajstić information content (AvgIpc) is 2.39. The van der Waals surface area contributed by atoms with E-state index in [1.807, 2.05) is 37.3 Å². The molecule has 0 aliphatic carbocycles. The smallest absolute Gasteiger partial charge is 0.322 e. The molecule has 0 fully saturated rings. The van der Waals surface area contributed by atoms with Crippen LogP contribution >= 0.6 is 0 Å². The second kappa shape index (κ2) is 7.84. The molecule has 0 amide bonds. The molecule has 0 spiro atoms. The zero-order valence-corrected chi connectivity index (χ0v) is 11.1. The van der Waals surface area contributed by atoms with E-state index < -0.39 is 12.0 Å². The Kier molecular flexibility index (Phi) is 6.39. The molecular weight excluding hydrogens is 228 g/mol. The minimum atomic E-state index is -0.788. The molecule has 0 radical (unpaired) electrons. The molecule has 100 valence electrons. The first kappa shape index (κ1) is 14.7. The number of nitrogens with one attached hydrogen (secondary N) is 1. The van der Waals surface area contributed by atoms with Gasteiger partial charge in [-0.15, -0.1) is 0 Å². The van der Waals surface area contributed by atoms with Crippen molar-refractivity contribution in [1.29, 1.82) is 0 Å². The molecule has 4 nitrogen and oxygen atoms in total. The third-order valence-corrected chi connectivity index (χ3v) is 2.84. The minimum absolute atomic E-state index is 0.515. The van der Waals surface area contributed by atoms with Gasteiger partial charge in [-0.25, -0.2) is 5.01 Å². The summed E-state index contributed by atoms with van der Waals surface area (Å²) in [5, 5.41) is 11.2. The van der Waals surface area contributed by atoms with Gasteiger partial charge in [0.25, 0.3) is 0 Å². The fraction of sp³-hybridized carbons (Fsp3) is 0.500. The van der Waals surface area contributed by atoms with E-state index in [0.717, 1.165) is 18.5 Å². The van der Waals surface area contributed by atoms with E-state index in [2.05, 4.69) is 12.3 Å². The summed E-state index contributed by atoms with van der Waals surface area (Å²) in [4.78, 5) is 11.4. The lowest BCUT2D eigenvalue weighted by atomic mass is 10.1. The molecule has 1 aromatic carbocycles. The van der Waals surface area contributed by atoms with Crippen LogP contribution < -0.4 is 5.43 Å². The summed E-state index contributed by atoms with van der Waals surface area (Å²) in [6, 6.07) is 9.21. The Morgan fingerprint density at radius 2 is 2.00 bits per heavy atom. The number of hydrazine groups is 1. The first-order valence-corrected chi connectivity index (χ1v) is 6.45. The predicted octanol–water partition coefficient (Wildman–Crippen LogP) is 1.92. The molecular formula is C14H22N2O2. The topological polar surface area (TPSA) is 52.6 Å². The summed E-state index contributed by atoms with van der Waals surface area (Å²) < 4.78 is 0. The Hall–Kier alpha value is -1.39. The van der Waals surface area contributed by atoms with Gasteiger partial charge in [0.2, 0.25) is 0 Å². The Labute approximate surface area is 109 Å². The fourth-order valence-corrected chi connectivity index (χ4v) is 1.87. The Bertz CT molecular complexity index is 354. The second-order valence-corrected chi connectivity index (χ2v) is 4.24. The van der Waals surface area contributed by atoms with Crippen LogP contribution in [0.4, 0.5) is 0 Å². The van der Waals surface area contributed by atoms with E-state index in [9.17, 15) is 9.90 Å². The maximum Gasteiger partial charge on any atom is 0.322 e. The van der Waals surface area contributed by atoms with Crippen molar-refractivity contribution < 1.29 is 9.90 Å². The van der Waals surface area contributed by atoms with Crippen molar-refractivity contribution in [3.63, 3.8) is 0 Å². The van der Waals surface area contributed by atoms with Gasteiger partial charge in [0.15, 0.2) is 0 Å². The number of hydrogen-bond acceptors (Lipinski definition) is 3. The van der Waals surface area contributed by atoms with Crippen molar-refractivity contribution in [3.05, 3.63) is 35.9 Å². The molecule has 2 N–H and O–H groups in total. The Balaban J connectivity index is 2.71. The average molecular weight is 250 g/mol. The van der Waals surface area contributed by atoms with Gasteiger partial charge in [0.1, 0.15) is 6.04 Å². The number of carboxylic acid groups (broad SMARTS) is 1. The fourth-order valence-electron chi connectivity index (χ4n) is 1.87. The quantitative estimate of drug-likeness (QED) is 0.692.